The molecule has 0 aliphatic heterocycles. The van der Waals surface area contributed by atoms with Crippen LogP contribution in [0.1, 0.15) is 194 Å². The van der Waals surface area contributed by atoms with E-state index in [1.807, 2.05) is 0 Å². The van der Waals surface area contributed by atoms with Gasteiger partial charge in [0.05, 0.1) is 19.8 Å². The SMILES string of the molecule is CCCCCC/C=C\CCCCCCCCCC(=O)OC[C@H](COP(=O)(O)OC[C@@H](O)CO)OC(=O)CCCCCCC/C=C\CCCCCCCC. The molecule has 0 aliphatic carbocycles. The maximum atomic E-state index is 12.6. The van der Waals surface area contributed by atoms with Crippen molar-refractivity contribution in [1.82, 2.24) is 0 Å². The smallest absolute Gasteiger partial charge is 0.462 e. The molecular weight excluding hydrogens is 695 g/mol. The Hall–Kier alpha value is -1.55. The first kappa shape index (κ1) is 51.5. The molecule has 11 heteroatoms. The Morgan fingerprint density at radius 1 is 0.547 bits per heavy atom. The highest BCUT2D eigenvalue weighted by Crippen LogP contribution is 2.43. The molecule has 0 bridgehead atoms. The van der Waals surface area contributed by atoms with Crippen LogP contribution < -0.4 is 0 Å². The van der Waals surface area contributed by atoms with Gasteiger partial charge in [-0.15, -0.1) is 0 Å². The standard InChI is InChI=1S/C42H79O10P/c1-3-5-7-9-11-13-15-17-19-21-23-25-27-29-31-33-41(45)49-37-40(38-51-53(47,48)50-36-39(44)35-43)52-42(46)34-32-30-28-26-24-22-20-18-16-14-12-10-8-6-4-2/h13,15,18,20,39-40,43-44H,3-12,14,16-17,19,21-38H2,1-2H3,(H,47,48)/b15-13-,20-18-/t39-,40+/m0/s1. The minimum atomic E-state index is -4.62. The fourth-order valence-corrected chi connectivity index (χ4v) is 6.54. The Bertz CT molecular complexity index is 941. The first-order valence-electron chi connectivity index (χ1n) is 21.3. The molecule has 0 rings (SSSR count). The van der Waals surface area contributed by atoms with E-state index >= 15 is 0 Å². The molecule has 53 heavy (non-hydrogen) atoms. The van der Waals surface area contributed by atoms with Crippen LogP contribution in [0.4, 0.5) is 0 Å². The number of carbonyl (C=O) groups is 2. The summed E-state index contributed by atoms with van der Waals surface area (Å²) < 4.78 is 32.7. The van der Waals surface area contributed by atoms with Gasteiger partial charge in [0.15, 0.2) is 6.10 Å². The topological polar surface area (TPSA) is 149 Å². The van der Waals surface area contributed by atoms with Crippen molar-refractivity contribution in [2.75, 3.05) is 26.4 Å². The van der Waals surface area contributed by atoms with Gasteiger partial charge in [0.25, 0.3) is 0 Å². The number of hydrogen-bond donors (Lipinski definition) is 3. The molecule has 0 spiro atoms. The van der Waals surface area contributed by atoms with Crippen molar-refractivity contribution in [3.05, 3.63) is 24.3 Å². The number of aliphatic hydroxyl groups is 2. The van der Waals surface area contributed by atoms with Crippen LogP contribution in [0.5, 0.6) is 0 Å². The third-order valence-electron chi connectivity index (χ3n) is 9.08. The van der Waals surface area contributed by atoms with Crippen LogP contribution in [0.15, 0.2) is 24.3 Å². The number of rotatable bonds is 40. The van der Waals surface area contributed by atoms with Crippen molar-refractivity contribution in [2.45, 2.75) is 206 Å². The van der Waals surface area contributed by atoms with E-state index in [0.29, 0.717) is 12.8 Å². The highest BCUT2D eigenvalue weighted by Gasteiger charge is 2.27. The molecule has 1 unspecified atom stereocenters. The number of phosphoric ester groups is 1. The molecule has 0 fully saturated rings. The summed E-state index contributed by atoms with van der Waals surface area (Å²) >= 11 is 0. The molecule has 0 saturated carbocycles. The molecule has 0 radical (unpaired) electrons. The van der Waals surface area contributed by atoms with E-state index in [-0.39, 0.29) is 19.4 Å². The summed E-state index contributed by atoms with van der Waals surface area (Å²) in [5, 5.41) is 18.3. The Morgan fingerprint density at radius 3 is 1.38 bits per heavy atom. The molecule has 0 heterocycles. The van der Waals surface area contributed by atoms with Crippen LogP contribution in [0, 0.1) is 0 Å². The molecule has 0 saturated heterocycles. The average Bonchev–Trinajstić information content (AvgIpc) is 3.14. The van der Waals surface area contributed by atoms with Gasteiger partial charge in [-0.1, -0.05) is 141 Å². The number of allylic oxidation sites excluding steroid dienone is 4. The minimum absolute atomic E-state index is 0.175. The lowest BCUT2D eigenvalue weighted by Crippen LogP contribution is -2.29. The zero-order chi connectivity index (χ0) is 39.1. The summed E-state index contributed by atoms with van der Waals surface area (Å²) in [7, 11) is -4.62. The van der Waals surface area contributed by atoms with Gasteiger partial charge in [0.2, 0.25) is 0 Å². The van der Waals surface area contributed by atoms with Crippen LogP contribution >= 0.6 is 7.82 Å². The first-order chi connectivity index (χ1) is 25.7. The number of hydrogen-bond acceptors (Lipinski definition) is 9. The first-order valence-corrected chi connectivity index (χ1v) is 22.8. The lowest BCUT2D eigenvalue weighted by atomic mass is 10.1. The largest absolute Gasteiger partial charge is 0.472 e. The number of esters is 2. The van der Waals surface area contributed by atoms with Gasteiger partial charge in [-0.3, -0.25) is 18.6 Å². The average molecular weight is 775 g/mol. The summed E-state index contributed by atoms with van der Waals surface area (Å²) in [6.07, 6.45) is 37.1. The molecule has 0 aromatic carbocycles. The molecular formula is C42H79O10P. The van der Waals surface area contributed by atoms with E-state index < -0.39 is 51.8 Å². The number of phosphoric acid groups is 1. The molecule has 0 amide bonds. The van der Waals surface area contributed by atoms with Gasteiger partial charge in [-0.05, 0) is 64.2 Å². The zero-order valence-corrected chi connectivity index (χ0v) is 34.6. The van der Waals surface area contributed by atoms with E-state index in [4.69, 9.17) is 19.1 Å². The molecule has 3 N–H and O–H groups in total. The Morgan fingerprint density at radius 2 is 0.925 bits per heavy atom. The minimum Gasteiger partial charge on any atom is -0.462 e. The van der Waals surface area contributed by atoms with E-state index in [1.165, 1.54) is 89.9 Å². The second-order valence-corrected chi connectivity index (χ2v) is 15.8. The molecule has 0 aliphatic rings. The molecule has 0 aromatic heterocycles. The van der Waals surface area contributed by atoms with E-state index in [2.05, 4.69) is 42.7 Å². The highest BCUT2D eigenvalue weighted by molar-refractivity contribution is 7.47. The highest BCUT2D eigenvalue weighted by atomic mass is 31.2. The summed E-state index contributed by atoms with van der Waals surface area (Å²) in [6.45, 7) is 2.35. The maximum absolute atomic E-state index is 12.6. The Kier molecular flexibility index (Phi) is 37.6. The Labute approximate surface area is 323 Å². The van der Waals surface area contributed by atoms with Gasteiger partial charge in [-0.25, -0.2) is 4.57 Å². The van der Waals surface area contributed by atoms with E-state index in [1.54, 1.807) is 0 Å². The maximum Gasteiger partial charge on any atom is 0.472 e. The van der Waals surface area contributed by atoms with Crippen LogP contribution in [0.3, 0.4) is 0 Å². The van der Waals surface area contributed by atoms with Crippen LogP contribution in [-0.2, 0) is 32.7 Å². The van der Waals surface area contributed by atoms with Gasteiger partial charge in [0.1, 0.15) is 12.7 Å². The van der Waals surface area contributed by atoms with Gasteiger partial charge >= 0.3 is 19.8 Å². The lowest BCUT2D eigenvalue weighted by molar-refractivity contribution is -0.161. The van der Waals surface area contributed by atoms with Crippen LogP contribution in [-0.4, -0.2) is 65.7 Å². The molecule has 0 aromatic rings. The van der Waals surface area contributed by atoms with E-state index in [0.717, 1.165) is 64.2 Å². The van der Waals surface area contributed by atoms with E-state index in [9.17, 15) is 24.2 Å². The van der Waals surface area contributed by atoms with Crippen molar-refractivity contribution in [3.8, 4) is 0 Å². The summed E-state index contributed by atoms with van der Waals surface area (Å²) in [5.74, 6) is -0.936. The monoisotopic (exact) mass is 775 g/mol. The van der Waals surface area contributed by atoms with Gasteiger partial charge in [0, 0.05) is 12.8 Å². The van der Waals surface area contributed by atoms with Crippen molar-refractivity contribution in [2.24, 2.45) is 0 Å². The Balaban J connectivity index is 4.32. The van der Waals surface area contributed by atoms with Crippen molar-refractivity contribution in [1.29, 1.82) is 0 Å². The fraction of sp³-hybridized carbons (Fsp3) is 0.857. The number of ether oxygens (including phenoxy) is 2. The summed E-state index contributed by atoms with van der Waals surface area (Å²) in [6, 6.07) is 0. The normalized spacial score (nSPS) is 14.1. The third kappa shape index (κ3) is 38.5. The van der Waals surface area contributed by atoms with Gasteiger partial charge in [-0.2, -0.15) is 0 Å². The summed E-state index contributed by atoms with van der Waals surface area (Å²) in [5.41, 5.74) is 0. The molecule has 312 valence electrons. The fourth-order valence-electron chi connectivity index (χ4n) is 5.75. The molecule has 3 atom stereocenters. The van der Waals surface area contributed by atoms with Crippen LogP contribution in [0.25, 0.3) is 0 Å². The summed E-state index contributed by atoms with van der Waals surface area (Å²) in [4.78, 5) is 34.9. The van der Waals surface area contributed by atoms with Crippen molar-refractivity contribution < 1.29 is 47.8 Å². The quantitative estimate of drug-likeness (QED) is 0.0238. The zero-order valence-electron chi connectivity index (χ0n) is 33.7. The van der Waals surface area contributed by atoms with Crippen molar-refractivity contribution in [3.63, 3.8) is 0 Å². The predicted molar refractivity (Wildman–Crippen MR) is 215 cm³/mol. The third-order valence-corrected chi connectivity index (χ3v) is 10.0. The lowest BCUT2D eigenvalue weighted by Gasteiger charge is -2.20. The number of aliphatic hydroxyl groups excluding tert-OH is 2. The second kappa shape index (κ2) is 38.7. The van der Waals surface area contributed by atoms with Crippen LogP contribution in [0.2, 0.25) is 0 Å². The molecule has 10 nitrogen and oxygen atoms in total. The van der Waals surface area contributed by atoms with Crippen molar-refractivity contribution >= 4 is 19.8 Å². The second-order valence-electron chi connectivity index (χ2n) is 14.4. The number of carbonyl (C=O) groups excluding carboxylic acids is 2. The number of unbranched alkanes of at least 4 members (excludes halogenated alkanes) is 22. The predicted octanol–water partition coefficient (Wildman–Crippen LogP) is 11.0. The van der Waals surface area contributed by atoms with Gasteiger partial charge < -0.3 is 24.6 Å².